The Hall–Kier alpha value is -2.24. The minimum absolute atomic E-state index is 0.153. The smallest absolute Gasteiger partial charge is 0.303 e. The van der Waals surface area contributed by atoms with Crippen LogP contribution in [0.5, 0.6) is 11.5 Å². The molecule has 3 rings (SSSR count). The molecule has 0 atom stereocenters. The lowest BCUT2D eigenvalue weighted by molar-refractivity contribution is -0.137. The summed E-state index contributed by atoms with van der Waals surface area (Å²) in [4.78, 5) is 18.2. The minimum Gasteiger partial charge on any atom is -0.489 e. The van der Waals surface area contributed by atoms with Gasteiger partial charge in [0.05, 0.1) is 24.2 Å². The summed E-state index contributed by atoms with van der Waals surface area (Å²) in [7, 11) is 0. The Balaban J connectivity index is 1.82. The van der Waals surface area contributed by atoms with Gasteiger partial charge < -0.3 is 19.6 Å². The monoisotopic (exact) mass is 276 g/mol. The molecule has 6 nitrogen and oxygen atoms in total. The Kier molecular flexibility index (Phi) is 3.45. The zero-order chi connectivity index (χ0) is 13.9. The van der Waals surface area contributed by atoms with Crippen LogP contribution in [0.2, 0.25) is 0 Å². The van der Waals surface area contributed by atoms with Crippen molar-refractivity contribution in [1.29, 1.82) is 0 Å². The molecular formula is C14H16N2O4. The summed E-state index contributed by atoms with van der Waals surface area (Å²) in [5.74, 6) is 1.46. The molecule has 0 fully saturated rings. The van der Waals surface area contributed by atoms with Gasteiger partial charge >= 0.3 is 5.97 Å². The molecule has 6 heteroatoms. The summed E-state index contributed by atoms with van der Waals surface area (Å²) in [6.07, 6.45) is 2.21. The van der Waals surface area contributed by atoms with Crippen molar-refractivity contribution in [2.24, 2.45) is 0 Å². The predicted octanol–water partition coefficient (Wildman–Crippen LogP) is 2.13. The van der Waals surface area contributed by atoms with Crippen LogP contribution in [0.15, 0.2) is 12.1 Å². The number of hydrogen-bond donors (Lipinski definition) is 2. The Labute approximate surface area is 115 Å². The first-order valence-corrected chi connectivity index (χ1v) is 6.72. The van der Waals surface area contributed by atoms with Gasteiger partial charge in [-0.1, -0.05) is 0 Å². The lowest BCUT2D eigenvalue weighted by Gasteiger charge is -2.05. The van der Waals surface area contributed by atoms with E-state index in [9.17, 15) is 4.79 Å². The first kappa shape index (κ1) is 12.8. The molecule has 2 heterocycles. The molecule has 1 aliphatic heterocycles. The van der Waals surface area contributed by atoms with E-state index in [-0.39, 0.29) is 6.42 Å². The van der Waals surface area contributed by atoms with Crippen LogP contribution in [0.25, 0.3) is 11.0 Å². The van der Waals surface area contributed by atoms with Crippen LogP contribution in [0, 0.1) is 0 Å². The Morgan fingerprint density at radius 3 is 2.80 bits per heavy atom. The lowest BCUT2D eigenvalue weighted by atomic mass is 10.2. The van der Waals surface area contributed by atoms with Crippen molar-refractivity contribution in [1.82, 2.24) is 9.97 Å². The minimum atomic E-state index is -0.783. The second-order valence-electron chi connectivity index (χ2n) is 4.80. The van der Waals surface area contributed by atoms with Crippen LogP contribution >= 0.6 is 0 Å². The second-order valence-corrected chi connectivity index (χ2v) is 4.80. The number of hydrogen-bond acceptors (Lipinski definition) is 4. The van der Waals surface area contributed by atoms with Gasteiger partial charge in [-0.25, -0.2) is 4.98 Å². The van der Waals surface area contributed by atoms with Crippen molar-refractivity contribution in [3.63, 3.8) is 0 Å². The fourth-order valence-electron chi connectivity index (χ4n) is 2.24. The van der Waals surface area contributed by atoms with E-state index in [1.807, 2.05) is 12.1 Å². The lowest BCUT2D eigenvalue weighted by Crippen LogP contribution is -1.97. The predicted molar refractivity (Wildman–Crippen MR) is 72.3 cm³/mol. The number of imidazole rings is 1. The number of aromatic amines is 1. The van der Waals surface area contributed by atoms with Crippen LogP contribution in [-0.2, 0) is 11.2 Å². The molecule has 0 saturated heterocycles. The number of aryl methyl sites for hydroxylation is 1. The SMILES string of the molecule is O=C(O)CCCc1nc2cc3c(cc2[nH]1)OCCCO3. The van der Waals surface area contributed by atoms with E-state index in [0.29, 0.717) is 26.1 Å². The number of carboxylic acids is 1. The number of nitrogens with zero attached hydrogens (tertiary/aromatic N) is 1. The molecule has 0 radical (unpaired) electrons. The van der Waals surface area contributed by atoms with Crippen molar-refractivity contribution in [3.8, 4) is 11.5 Å². The number of carbonyl (C=O) groups is 1. The highest BCUT2D eigenvalue weighted by Gasteiger charge is 2.14. The number of aliphatic carboxylic acids is 1. The maximum atomic E-state index is 10.5. The first-order chi connectivity index (χ1) is 9.72. The molecule has 0 unspecified atom stereocenters. The quantitative estimate of drug-likeness (QED) is 0.893. The number of rotatable bonds is 4. The van der Waals surface area contributed by atoms with Crippen molar-refractivity contribution in [3.05, 3.63) is 18.0 Å². The van der Waals surface area contributed by atoms with E-state index in [2.05, 4.69) is 9.97 Å². The molecule has 0 spiro atoms. The van der Waals surface area contributed by atoms with Gasteiger partial charge in [0.15, 0.2) is 11.5 Å². The van der Waals surface area contributed by atoms with Crippen molar-refractivity contribution in [2.75, 3.05) is 13.2 Å². The van der Waals surface area contributed by atoms with Crippen LogP contribution < -0.4 is 9.47 Å². The molecule has 2 N–H and O–H groups in total. The molecule has 0 amide bonds. The van der Waals surface area contributed by atoms with E-state index in [4.69, 9.17) is 14.6 Å². The first-order valence-electron chi connectivity index (χ1n) is 6.72. The van der Waals surface area contributed by atoms with E-state index < -0.39 is 5.97 Å². The van der Waals surface area contributed by atoms with Gasteiger partial charge in [0.2, 0.25) is 0 Å². The molecule has 0 aliphatic carbocycles. The maximum Gasteiger partial charge on any atom is 0.303 e. The average molecular weight is 276 g/mol. The fraction of sp³-hybridized carbons (Fsp3) is 0.429. The third-order valence-electron chi connectivity index (χ3n) is 3.20. The number of carboxylic acid groups (broad SMARTS) is 1. The highest BCUT2D eigenvalue weighted by Crippen LogP contribution is 2.33. The molecule has 2 aromatic rings. The van der Waals surface area contributed by atoms with Gasteiger partial charge in [0.1, 0.15) is 5.82 Å². The largest absolute Gasteiger partial charge is 0.489 e. The maximum absolute atomic E-state index is 10.5. The third-order valence-corrected chi connectivity index (χ3v) is 3.20. The number of nitrogens with one attached hydrogen (secondary N) is 1. The van der Waals surface area contributed by atoms with Gasteiger partial charge in [-0.2, -0.15) is 0 Å². The summed E-state index contributed by atoms with van der Waals surface area (Å²) >= 11 is 0. The van der Waals surface area contributed by atoms with Crippen molar-refractivity contribution in [2.45, 2.75) is 25.7 Å². The Morgan fingerprint density at radius 1 is 1.30 bits per heavy atom. The van der Waals surface area contributed by atoms with Crippen LogP contribution in [0.1, 0.15) is 25.1 Å². The van der Waals surface area contributed by atoms with Crippen molar-refractivity contribution >= 4 is 17.0 Å². The van der Waals surface area contributed by atoms with Gasteiger partial charge in [-0.15, -0.1) is 0 Å². The molecular weight excluding hydrogens is 260 g/mol. The Morgan fingerprint density at radius 2 is 2.05 bits per heavy atom. The molecule has 0 saturated carbocycles. The highest BCUT2D eigenvalue weighted by atomic mass is 16.5. The second kappa shape index (κ2) is 5.40. The summed E-state index contributed by atoms with van der Waals surface area (Å²) in [5.41, 5.74) is 1.71. The number of benzene rings is 1. The third kappa shape index (κ3) is 2.68. The standard InChI is InChI=1S/C14H16N2O4/c17-14(18)4-1-3-13-15-9-7-11-12(8-10(9)16-13)20-6-2-5-19-11/h7-8H,1-6H2,(H,15,16)(H,17,18). The molecule has 20 heavy (non-hydrogen) atoms. The fourth-order valence-corrected chi connectivity index (χ4v) is 2.24. The Bertz CT molecular complexity index is 592. The highest BCUT2D eigenvalue weighted by molar-refractivity contribution is 5.79. The van der Waals surface area contributed by atoms with Crippen LogP contribution in [0.4, 0.5) is 0 Å². The topological polar surface area (TPSA) is 84.4 Å². The van der Waals surface area contributed by atoms with E-state index in [0.717, 1.165) is 34.8 Å². The molecule has 106 valence electrons. The number of aromatic nitrogens is 2. The average Bonchev–Trinajstić information content (AvgIpc) is 2.64. The van der Waals surface area contributed by atoms with Crippen LogP contribution in [0.3, 0.4) is 0 Å². The summed E-state index contributed by atoms with van der Waals surface area (Å²) in [5, 5.41) is 8.64. The molecule has 0 bridgehead atoms. The number of fused-ring (bicyclic) bond motifs is 2. The van der Waals surface area contributed by atoms with E-state index >= 15 is 0 Å². The normalized spacial score (nSPS) is 14.2. The zero-order valence-electron chi connectivity index (χ0n) is 11.0. The zero-order valence-corrected chi connectivity index (χ0v) is 11.0. The summed E-state index contributed by atoms with van der Waals surface area (Å²) in [6, 6.07) is 3.76. The number of ether oxygens (including phenoxy) is 2. The molecule has 1 aliphatic rings. The van der Waals surface area contributed by atoms with E-state index in [1.165, 1.54) is 0 Å². The van der Waals surface area contributed by atoms with E-state index in [1.54, 1.807) is 0 Å². The number of H-pyrrole nitrogens is 1. The van der Waals surface area contributed by atoms with Gasteiger partial charge in [-0.05, 0) is 6.42 Å². The van der Waals surface area contributed by atoms with Gasteiger partial charge in [0, 0.05) is 31.4 Å². The van der Waals surface area contributed by atoms with Crippen molar-refractivity contribution < 1.29 is 19.4 Å². The summed E-state index contributed by atoms with van der Waals surface area (Å²) < 4.78 is 11.2. The summed E-state index contributed by atoms with van der Waals surface area (Å²) in [6.45, 7) is 1.30. The molecule has 1 aromatic heterocycles. The van der Waals surface area contributed by atoms with Gasteiger partial charge in [0.25, 0.3) is 0 Å². The van der Waals surface area contributed by atoms with Crippen LogP contribution in [-0.4, -0.2) is 34.3 Å². The molecule has 1 aromatic carbocycles. The van der Waals surface area contributed by atoms with Gasteiger partial charge in [-0.3, -0.25) is 4.79 Å².